The van der Waals surface area contributed by atoms with Crippen LogP contribution in [0.1, 0.15) is 24.8 Å². The van der Waals surface area contributed by atoms with Gasteiger partial charge in [-0.05, 0) is 43.8 Å². The minimum absolute atomic E-state index is 0.0654. The van der Waals surface area contributed by atoms with Gasteiger partial charge in [-0.1, -0.05) is 30.3 Å². The van der Waals surface area contributed by atoms with Crippen molar-refractivity contribution in [2.75, 3.05) is 33.2 Å². The lowest BCUT2D eigenvalue weighted by atomic mass is 9.99. The number of carbonyl (C=O) groups excluding carboxylic acids is 2. The van der Waals surface area contributed by atoms with Gasteiger partial charge in [-0.3, -0.25) is 9.59 Å². The van der Waals surface area contributed by atoms with Gasteiger partial charge in [0.15, 0.2) is 0 Å². The summed E-state index contributed by atoms with van der Waals surface area (Å²) in [7, 11) is 1.88. The largest absolute Gasteiger partial charge is 0.341 e. The smallest absolute Gasteiger partial charge is 0.242 e. The number of carbonyl (C=O) groups is 2. The third-order valence-corrected chi connectivity index (χ3v) is 5.24. The molecule has 0 spiro atoms. The zero-order chi connectivity index (χ0) is 16.9. The first-order valence-corrected chi connectivity index (χ1v) is 8.91. The zero-order valence-corrected chi connectivity index (χ0v) is 14.4. The Labute approximate surface area is 144 Å². The molecule has 1 aromatic rings. The molecule has 2 saturated heterocycles. The van der Waals surface area contributed by atoms with E-state index < -0.39 is 0 Å². The fourth-order valence-corrected chi connectivity index (χ4v) is 3.76. The van der Waals surface area contributed by atoms with E-state index in [0.717, 1.165) is 32.4 Å². The minimum atomic E-state index is 0.0654. The molecule has 2 fully saturated rings. The standard InChI is InChI=1S/C19H27N3O2/c1-21(17-7-9-20-10-8-17)19(24)14-22-13-16(12-18(22)23)11-15-5-3-2-4-6-15/h2-6,16-17,20H,7-14H2,1H3/t16-/m1/s1. The molecule has 0 unspecified atom stereocenters. The van der Waals surface area contributed by atoms with E-state index in [-0.39, 0.29) is 18.4 Å². The lowest BCUT2D eigenvalue weighted by Gasteiger charge is -2.32. The van der Waals surface area contributed by atoms with Gasteiger partial charge in [-0.2, -0.15) is 0 Å². The molecule has 2 aliphatic heterocycles. The normalized spacial score (nSPS) is 22.0. The Balaban J connectivity index is 1.51. The van der Waals surface area contributed by atoms with Gasteiger partial charge in [-0.25, -0.2) is 0 Å². The van der Waals surface area contributed by atoms with Crippen LogP contribution in [0.2, 0.25) is 0 Å². The number of nitrogens with zero attached hydrogens (tertiary/aromatic N) is 2. The predicted octanol–water partition coefficient (Wildman–Crippen LogP) is 1.29. The van der Waals surface area contributed by atoms with Crippen LogP contribution in [0.15, 0.2) is 30.3 Å². The highest BCUT2D eigenvalue weighted by Crippen LogP contribution is 2.22. The Morgan fingerprint density at radius 3 is 2.67 bits per heavy atom. The van der Waals surface area contributed by atoms with Crippen molar-refractivity contribution in [2.45, 2.75) is 31.7 Å². The monoisotopic (exact) mass is 329 g/mol. The average Bonchev–Trinajstić information content (AvgIpc) is 2.95. The minimum Gasteiger partial charge on any atom is -0.341 e. The maximum absolute atomic E-state index is 12.5. The average molecular weight is 329 g/mol. The fourth-order valence-electron chi connectivity index (χ4n) is 3.76. The summed E-state index contributed by atoms with van der Waals surface area (Å²) in [6, 6.07) is 10.6. The molecular formula is C19H27N3O2. The topological polar surface area (TPSA) is 52.7 Å². The van der Waals surface area contributed by atoms with Gasteiger partial charge in [0, 0.05) is 26.1 Å². The summed E-state index contributed by atoms with van der Waals surface area (Å²) < 4.78 is 0. The van der Waals surface area contributed by atoms with E-state index in [1.807, 2.05) is 30.1 Å². The number of benzene rings is 1. The second-order valence-corrected chi connectivity index (χ2v) is 7.02. The molecule has 0 aliphatic carbocycles. The van der Waals surface area contributed by atoms with E-state index in [1.54, 1.807) is 4.90 Å². The van der Waals surface area contributed by atoms with Gasteiger partial charge in [0.05, 0.1) is 6.54 Å². The second-order valence-electron chi connectivity index (χ2n) is 7.02. The molecule has 0 aromatic heterocycles. The molecule has 3 rings (SSSR count). The third kappa shape index (κ3) is 4.15. The van der Waals surface area contributed by atoms with Gasteiger partial charge < -0.3 is 15.1 Å². The van der Waals surface area contributed by atoms with Gasteiger partial charge in [0.1, 0.15) is 0 Å². The van der Waals surface area contributed by atoms with Crippen molar-refractivity contribution < 1.29 is 9.59 Å². The molecule has 0 radical (unpaired) electrons. The van der Waals surface area contributed by atoms with Crippen LogP contribution in [-0.2, 0) is 16.0 Å². The molecule has 1 aromatic carbocycles. The summed E-state index contributed by atoms with van der Waals surface area (Å²) in [5.74, 6) is 0.496. The number of likely N-dealkylation sites (tertiary alicyclic amines) is 1. The number of rotatable bonds is 5. The quantitative estimate of drug-likeness (QED) is 0.886. The molecule has 2 amide bonds. The first-order chi connectivity index (χ1) is 11.6. The van der Waals surface area contributed by atoms with Crippen molar-refractivity contribution in [1.82, 2.24) is 15.1 Å². The molecule has 2 aliphatic rings. The van der Waals surface area contributed by atoms with Crippen molar-refractivity contribution in [3.8, 4) is 0 Å². The molecule has 0 saturated carbocycles. The van der Waals surface area contributed by atoms with Crippen molar-refractivity contribution in [3.05, 3.63) is 35.9 Å². The molecule has 130 valence electrons. The van der Waals surface area contributed by atoms with Crippen molar-refractivity contribution >= 4 is 11.8 Å². The molecule has 0 bridgehead atoms. The maximum atomic E-state index is 12.5. The maximum Gasteiger partial charge on any atom is 0.242 e. The van der Waals surface area contributed by atoms with Crippen LogP contribution in [0, 0.1) is 5.92 Å². The molecule has 1 N–H and O–H groups in total. The van der Waals surface area contributed by atoms with Gasteiger partial charge in [-0.15, -0.1) is 0 Å². The number of amides is 2. The molecule has 2 heterocycles. The lowest BCUT2D eigenvalue weighted by molar-refractivity contribution is -0.139. The van der Waals surface area contributed by atoms with Crippen molar-refractivity contribution in [2.24, 2.45) is 5.92 Å². The fraction of sp³-hybridized carbons (Fsp3) is 0.579. The van der Waals surface area contributed by atoms with Crippen LogP contribution in [0.3, 0.4) is 0 Å². The third-order valence-electron chi connectivity index (χ3n) is 5.24. The van der Waals surface area contributed by atoms with Gasteiger partial charge in [0.2, 0.25) is 11.8 Å². The summed E-state index contributed by atoms with van der Waals surface area (Å²) in [6.07, 6.45) is 3.44. The highest BCUT2D eigenvalue weighted by molar-refractivity contribution is 5.86. The number of likely N-dealkylation sites (N-methyl/N-ethyl adjacent to an activating group) is 1. The first kappa shape index (κ1) is 17.0. The SMILES string of the molecule is CN(C(=O)CN1C[C@H](Cc2ccccc2)CC1=O)C1CCNCC1. The van der Waals surface area contributed by atoms with Crippen molar-refractivity contribution in [3.63, 3.8) is 0 Å². The zero-order valence-electron chi connectivity index (χ0n) is 14.4. The predicted molar refractivity (Wildman–Crippen MR) is 93.5 cm³/mol. The van der Waals surface area contributed by atoms with E-state index in [0.29, 0.717) is 24.9 Å². The van der Waals surface area contributed by atoms with E-state index in [9.17, 15) is 9.59 Å². The van der Waals surface area contributed by atoms with Crippen LogP contribution < -0.4 is 5.32 Å². The molecule has 5 nitrogen and oxygen atoms in total. The summed E-state index contributed by atoms with van der Waals surface area (Å²) >= 11 is 0. The van der Waals surface area contributed by atoms with Gasteiger partial charge >= 0.3 is 0 Å². The van der Waals surface area contributed by atoms with E-state index in [4.69, 9.17) is 0 Å². The molecule has 1 atom stereocenters. The van der Waals surface area contributed by atoms with Crippen LogP contribution in [0.4, 0.5) is 0 Å². The van der Waals surface area contributed by atoms with E-state index >= 15 is 0 Å². The van der Waals surface area contributed by atoms with Crippen LogP contribution in [0.5, 0.6) is 0 Å². The van der Waals surface area contributed by atoms with E-state index in [2.05, 4.69) is 17.4 Å². The first-order valence-electron chi connectivity index (χ1n) is 8.91. The highest BCUT2D eigenvalue weighted by Gasteiger charge is 2.32. The van der Waals surface area contributed by atoms with Gasteiger partial charge in [0.25, 0.3) is 0 Å². The second kappa shape index (κ2) is 7.79. The number of hydrogen-bond acceptors (Lipinski definition) is 3. The van der Waals surface area contributed by atoms with Crippen LogP contribution in [-0.4, -0.2) is 60.9 Å². The molecule has 24 heavy (non-hydrogen) atoms. The summed E-state index contributed by atoms with van der Waals surface area (Å²) in [6.45, 7) is 2.85. The van der Waals surface area contributed by atoms with Crippen LogP contribution >= 0.6 is 0 Å². The Bertz CT molecular complexity index is 569. The highest BCUT2D eigenvalue weighted by atomic mass is 16.2. The lowest BCUT2D eigenvalue weighted by Crippen LogP contribution is -2.47. The van der Waals surface area contributed by atoms with Crippen LogP contribution in [0.25, 0.3) is 0 Å². The summed E-state index contributed by atoms with van der Waals surface area (Å²) in [5, 5.41) is 3.32. The van der Waals surface area contributed by atoms with Crippen molar-refractivity contribution in [1.29, 1.82) is 0 Å². The number of hydrogen-bond donors (Lipinski definition) is 1. The Morgan fingerprint density at radius 1 is 1.25 bits per heavy atom. The summed E-state index contributed by atoms with van der Waals surface area (Å²) in [4.78, 5) is 28.4. The Kier molecular flexibility index (Phi) is 5.51. The Morgan fingerprint density at radius 2 is 1.96 bits per heavy atom. The molecular weight excluding hydrogens is 302 g/mol. The number of nitrogens with one attached hydrogen (secondary N) is 1. The Hall–Kier alpha value is -1.88. The van der Waals surface area contributed by atoms with E-state index in [1.165, 1.54) is 5.56 Å². The number of piperidine rings is 1. The molecule has 5 heteroatoms. The summed E-state index contributed by atoms with van der Waals surface area (Å²) in [5.41, 5.74) is 1.26.